The number of para-hydroxylation sites is 1. The van der Waals surface area contributed by atoms with Gasteiger partial charge in [0.2, 0.25) is 0 Å². The lowest BCUT2D eigenvalue weighted by atomic mass is 10.1. The lowest BCUT2D eigenvalue weighted by Crippen LogP contribution is -2.25. The summed E-state index contributed by atoms with van der Waals surface area (Å²) in [7, 11) is 0. The van der Waals surface area contributed by atoms with Gasteiger partial charge in [-0.05, 0) is 44.0 Å². The summed E-state index contributed by atoms with van der Waals surface area (Å²) in [6, 6.07) is 11.4. The summed E-state index contributed by atoms with van der Waals surface area (Å²) in [4.78, 5) is 12.4. The molecule has 0 bridgehead atoms. The molecule has 0 aliphatic heterocycles. The Morgan fingerprint density at radius 3 is 2.41 bits per heavy atom. The topological polar surface area (TPSA) is 57.2 Å². The molecule has 0 saturated heterocycles. The molecule has 2 aromatic rings. The second-order valence-corrected chi connectivity index (χ2v) is 6.14. The average molecular weight is 300 g/mol. The Morgan fingerprint density at radius 2 is 1.77 bits per heavy atom. The number of hydrogen-bond donors (Lipinski definition) is 1. The molecule has 4 heteroatoms. The first-order chi connectivity index (χ1) is 10.4. The first-order valence-corrected chi connectivity index (χ1v) is 7.65. The van der Waals surface area contributed by atoms with Crippen molar-refractivity contribution in [2.75, 3.05) is 12.3 Å². The maximum absolute atomic E-state index is 12.4. The molecule has 0 spiro atoms. The van der Waals surface area contributed by atoms with Gasteiger partial charge in [0, 0.05) is 11.6 Å². The fourth-order valence-corrected chi connectivity index (χ4v) is 2.36. The highest BCUT2D eigenvalue weighted by molar-refractivity contribution is 5.68. The van der Waals surface area contributed by atoms with Crippen LogP contribution in [0, 0.1) is 5.92 Å². The molecule has 0 saturated carbocycles. The predicted octanol–water partition coefficient (Wildman–Crippen LogP) is 3.71. The van der Waals surface area contributed by atoms with Gasteiger partial charge in [0.1, 0.15) is 5.75 Å². The minimum Gasteiger partial charge on any atom is -0.493 e. The van der Waals surface area contributed by atoms with Crippen molar-refractivity contribution in [2.24, 2.45) is 5.92 Å². The number of benzene rings is 1. The number of pyridine rings is 1. The highest BCUT2D eigenvalue weighted by Gasteiger charge is 2.15. The number of hydrogen-bond acceptors (Lipinski definition) is 3. The highest BCUT2D eigenvalue weighted by atomic mass is 16.5. The SMILES string of the molecule is CC(C)COc1ccccc1-c1ccc(N)c(=O)n1C(C)C. The molecule has 22 heavy (non-hydrogen) atoms. The molecule has 1 aromatic carbocycles. The molecule has 1 aromatic heterocycles. The maximum atomic E-state index is 12.4. The summed E-state index contributed by atoms with van der Waals surface area (Å²) in [6.07, 6.45) is 0. The zero-order chi connectivity index (χ0) is 16.3. The standard InChI is InChI=1S/C18H24N2O2/c1-12(2)11-22-17-8-6-5-7-14(17)16-10-9-15(19)18(21)20(16)13(3)4/h5-10,12-13H,11,19H2,1-4H3. The van der Waals surface area contributed by atoms with Gasteiger partial charge in [-0.1, -0.05) is 26.0 Å². The second kappa shape index (κ2) is 6.69. The Bertz CT molecular complexity index is 702. The monoisotopic (exact) mass is 300 g/mol. The molecule has 0 radical (unpaired) electrons. The predicted molar refractivity (Wildman–Crippen MR) is 91.3 cm³/mol. The van der Waals surface area contributed by atoms with Gasteiger partial charge in [0.05, 0.1) is 18.0 Å². The lowest BCUT2D eigenvalue weighted by molar-refractivity contribution is 0.272. The van der Waals surface area contributed by atoms with Crippen LogP contribution in [0.4, 0.5) is 5.69 Å². The molecule has 1 heterocycles. The molecular weight excluding hydrogens is 276 g/mol. The van der Waals surface area contributed by atoms with Gasteiger partial charge in [0.25, 0.3) is 5.56 Å². The normalized spacial score (nSPS) is 11.2. The quantitative estimate of drug-likeness (QED) is 0.915. The number of ether oxygens (including phenoxy) is 1. The lowest BCUT2D eigenvalue weighted by Gasteiger charge is -2.19. The smallest absolute Gasteiger partial charge is 0.274 e. The van der Waals surface area contributed by atoms with Crippen LogP contribution in [-0.4, -0.2) is 11.2 Å². The van der Waals surface area contributed by atoms with Gasteiger partial charge in [-0.25, -0.2) is 0 Å². The molecule has 0 aliphatic rings. The van der Waals surface area contributed by atoms with Crippen molar-refractivity contribution < 1.29 is 4.74 Å². The van der Waals surface area contributed by atoms with Crippen molar-refractivity contribution in [3.63, 3.8) is 0 Å². The van der Waals surface area contributed by atoms with E-state index < -0.39 is 0 Å². The minimum absolute atomic E-state index is 0.0177. The van der Waals surface area contributed by atoms with Gasteiger partial charge in [-0.15, -0.1) is 0 Å². The number of anilines is 1. The number of aromatic nitrogens is 1. The summed E-state index contributed by atoms with van der Waals surface area (Å²) in [6.45, 7) is 8.80. The van der Waals surface area contributed by atoms with E-state index in [-0.39, 0.29) is 17.3 Å². The zero-order valence-corrected chi connectivity index (χ0v) is 13.7. The van der Waals surface area contributed by atoms with Gasteiger partial charge in [-0.2, -0.15) is 0 Å². The van der Waals surface area contributed by atoms with Crippen LogP contribution in [0.3, 0.4) is 0 Å². The van der Waals surface area contributed by atoms with Gasteiger partial charge < -0.3 is 15.0 Å². The van der Waals surface area contributed by atoms with Crippen LogP contribution in [0.25, 0.3) is 11.3 Å². The van der Waals surface area contributed by atoms with Crippen LogP contribution in [0.5, 0.6) is 5.75 Å². The Balaban J connectivity index is 2.58. The summed E-state index contributed by atoms with van der Waals surface area (Å²) < 4.78 is 7.63. The molecule has 2 rings (SSSR count). The third-order valence-corrected chi connectivity index (χ3v) is 3.40. The van der Waals surface area contributed by atoms with Gasteiger partial charge in [0.15, 0.2) is 0 Å². The number of nitrogen functional groups attached to an aromatic ring is 1. The summed E-state index contributed by atoms with van der Waals surface area (Å²) in [5.74, 6) is 1.22. The second-order valence-electron chi connectivity index (χ2n) is 6.14. The summed E-state index contributed by atoms with van der Waals surface area (Å²) >= 11 is 0. The average Bonchev–Trinajstić information content (AvgIpc) is 2.47. The van der Waals surface area contributed by atoms with Crippen LogP contribution in [0.1, 0.15) is 33.7 Å². The Hall–Kier alpha value is -2.23. The van der Waals surface area contributed by atoms with Gasteiger partial charge >= 0.3 is 0 Å². The molecule has 2 N–H and O–H groups in total. The third-order valence-electron chi connectivity index (χ3n) is 3.40. The van der Waals surface area contributed by atoms with Gasteiger partial charge in [-0.3, -0.25) is 4.79 Å². The molecule has 4 nitrogen and oxygen atoms in total. The zero-order valence-electron chi connectivity index (χ0n) is 13.7. The molecule has 0 atom stereocenters. The molecule has 0 aliphatic carbocycles. The van der Waals surface area contributed by atoms with E-state index in [2.05, 4.69) is 13.8 Å². The number of nitrogens with two attached hydrogens (primary N) is 1. The first kappa shape index (κ1) is 16.1. The fourth-order valence-electron chi connectivity index (χ4n) is 2.36. The number of rotatable bonds is 5. The van der Waals surface area contributed by atoms with E-state index in [1.807, 2.05) is 44.2 Å². The summed E-state index contributed by atoms with van der Waals surface area (Å²) in [5, 5.41) is 0. The molecule has 0 fully saturated rings. The van der Waals surface area contributed by atoms with Crippen molar-refractivity contribution >= 4 is 5.69 Å². The Morgan fingerprint density at radius 1 is 1.09 bits per heavy atom. The summed E-state index contributed by atoms with van der Waals surface area (Å²) in [5.41, 5.74) is 7.62. The van der Waals surface area contributed by atoms with Crippen LogP contribution in [-0.2, 0) is 0 Å². The van der Waals surface area contributed by atoms with E-state index in [1.54, 1.807) is 10.6 Å². The molecule has 0 amide bonds. The minimum atomic E-state index is -0.161. The first-order valence-electron chi connectivity index (χ1n) is 7.65. The molecule has 118 valence electrons. The van der Waals surface area contributed by atoms with E-state index in [0.29, 0.717) is 12.5 Å². The van der Waals surface area contributed by atoms with Crippen LogP contribution in [0.2, 0.25) is 0 Å². The van der Waals surface area contributed by atoms with E-state index in [9.17, 15) is 4.79 Å². The van der Waals surface area contributed by atoms with Crippen LogP contribution in [0.15, 0.2) is 41.2 Å². The van der Waals surface area contributed by atoms with Crippen molar-refractivity contribution in [1.82, 2.24) is 4.57 Å². The van der Waals surface area contributed by atoms with Crippen molar-refractivity contribution in [1.29, 1.82) is 0 Å². The van der Waals surface area contributed by atoms with E-state index in [1.165, 1.54) is 0 Å². The largest absolute Gasteiger partial charge is 0.493 e. The van der Waals surface area contributed by atoms with Crippen molar-refractivity contribution in [2.45, 2.75) is 33.7 Å². The Kier molecular flexibility index (Phi) is 4.91. The number of nitrogens with zero attached hydrogens (tertiary/aromatic N) is 1. The third kappa shape index (κ3) is 3.32. The fraction of sp³-hybridized carbons (Fsp3) is 0.389. The van der Waals surface area contributed by atoms with E-state index in [4.69, 9.17) is 10.5 Å². The van der Waals surface area contributed by atoms with E-state index in [0.717, 1.165) is 17.0 Å². The maximum Gasteiger partial charge on any atom is 0.274 e. The molecular formula is C18H24N2O2. The molecule has 0 unspecified atom stereocenters. The van der Waals surface area contributed by atoms with Crippen molar-refractivity contribution in [3.8, 4) is 17.0 Å². The van der Waals surface area contributed by atoms with E-state index >= 15 is 0 Å². The van der Waals surface area contributed by atoms with Crippen LogP contribution < -0.4 is 16.0 Å². The van der Waals surface area contributed by atoms with Crippen LogP contribution >= 0.6 is 0 Å². The highest BCUT2D eigenvalue weighted by Crippen LogP contribution is 2.31. The Labute approximate surface area is 131 Å². The van der Waals surface area contributed by atoms with Crippen molar-refractivity contribution in [3.05, 3.63) is 46.8 Å².